The number of hydrogen-bond acceptors (Lipinski definition) is 7. The van der Waals surface area contributed by atoms with Crippen LogP contribution in [0.25, 0.3) is 17.0 Å². The maximum Gasteiger partial charge on any atom is 0.266 e. The first-order chi connectivity index (χ1) is 14.2. The molecule has 6 nitrogen and oxygen atoms in total. The van der Waals surface area contributed by atoms with E-state index >= 15 is 0 Å². The van der Waals surface area contributed by atoms with Crippen LogP contribution in [-0.2, 0) is 14.3 Å². The summed E-state index contributed by atoms with van der Waals surface area (Å²) in [6, 6.07) is 10.1. The number of para-hydroxylation sites is 1. The first-order valence-electron chi connectivity index (χ1n) is 9.64. The number of rotatable bonds is 6. The van der Waals surface area contributed by atoms with Crippen molar-refractivity contribution in [2.75, 3.05) is 51.5 Å². The number of ether oxygens (including phenoxy) is 2. The largest absolute Gasteiger partial charge is 0.385 e. The number of carbonyl (C=O) groups is 1. The Bertz CT molecular complexity index is 957. The topological polar surface area (TPSA) is 54.9 Å². The van der Waals surface area contributed by atoms with Gasteiger partial charge in [0, 0.05) is 44.3 Å². The number of aromatic nitrogens is 1. The zero-order valence-corrected chi connectivity index (χ0v) is 17.9. The van der Waals surface area contributed by atoms with Gasteiger partial charge < -0.3 is 14.4 Å². The zero-order valence-electron chi connectivity index (χ0n) is 16.3. The monoisotopic (exact) mass is 429 g/mol. The summed E-state index contributed by atoms with van der Waals surface area (Å²) < 4.78 is 11.2. The normalized spacial score (nSPS) is 19.0. The van der Waals surface area contributed by atoms with Gasteiger partial charge in [0.25, 0.3) is 5.91 Å². The van der Waals surface area contributed by atoms with Crippen LogP contribution in [-0.4, -0.2) is 66.7 Å². The first kappa shape index (κ1) is 20.3. The van der Waals surface area contributed by atoms with Crippen molar-refractivity contribution in [2.24, 2.45) is 0 Å². The van der Waals surface area contributed by atoms with E-state index in [0.717, 1.165) is 41.8 Å². The number of thioether (sulfide) groups is 1. The highest BCUT2D eigenvalue weighted by Gasteiger charge is 2.32. The molecule has 8 heteroatoms. The lowest BCUT2D eigenvalue weighted by molar-refractivity contribution is -0.122. The van der Waals surface area contributed by atoms with Gasteiger partial charge in [0.05, 0.1) is 23.6 Å². The minimum absolute atomic E-state index is 0.0443. The molecule has 0 atom stereocenters. The summed E-state index contributed by atoms with van der Waals surface area (Å²) in [5.74, 6) is 0.842. The van der Waals surface area contributed by atoms with E-state index in [1.807, 2.05) is 30.3 Å². The zero-order chi connectivity index (χ0) is 20.2. The molecule has 1 aromatic carbocycles. The van der Waals surface area contributed by atoms with Gasteiger partial charge in [0.1, 0.15) is 10.1 Å². The van der Waals surface area contributed by atoms with Crippen LogP contribution in [0, 0.1) is 0 Å². The predicted octanol–water partition coefficient (Wildman–Crippen LogP) is 3.31. The molecule has 1 aromatic heterocycles. The van der Waals surface area contributed by atoms with Gasteiger partial charge in [0.15, 0.2) is 0 Å². The summed E-state index contributed by atoms with van der Waals surface area (Å²) in [4.78, 5) is 22.3. The Labute approximate surface area is 179 Å². The standard InChI is InChI=1S/C21H23N3O3S2/c1-26-10-4-7-24-20(25)18(29-21(24)28)14-16-13-15-5-2-3-6-17(15)22-19(16)23-8-11-27-12-9-23/h2-3,5-6,13-14H,4,7-12H2,1H3/b18-14+. The van der Waals surface area contributed by atoms with Gasteiger partial charge >= 0.3 is 0 Å². The number of amides is 1. The van der Waals surface area contributed by atoms with Crippen LogP contribution in [0.5, 0.6) is 0 Å². The predicted molar refractivity (Wildman–Crippen MR) is 121 cm³/mol. The van der Waals surface area contributed by atoms with E-state index in [9.17, 15) is 4.79 Å². The van der Waals surface area contributed by atoms with Crippen LogP contribution in [0.1, 0.15) is 12.0 Å². The number of morpholine rings is 1. The second kappa shape index (κ2) is 9.21. The molecule has 0 N–H and O–H groups in total. The molecule has 29 heavy (non-hydrogen) atoms. The highest BCUT2D eigenvalue weighted by atomic mass is 32.2. The number of nitrogens with zero attached hydrogens (tertiary/aromatic N) is 3. The van der Waals surface area contributed by atoms with Gasteiger partial charge in [-0.3, -0.25) is 9.69 Å². The first-order valence-corrected chi connectivity index (χ1v) is 10.9. The molecule has 3 heterocycles. The van der Waals surface area contributed by atoms with Crippen molar-refractivity contribution in [3.8, 4) is 0 Å². The lowest BCUT2D eigenvalue weighted by Crippen LogP contribution is -2.37. The molecule has 2 aliphatic heterocycles. The van der Waals surface area contributed by atoms with E-state index < -0.39 is 0 Å². The minimum atomic E-state index is -0.0443. The molecule has 2 saturated heterocycles. The average molecular weight is 430 g/mol. The SMILES string of the molecule is COCCCN1C(=O)/C(=C\c2cc3ccccc3nc2N2CCOCC2)SC1=S. The van der Waals surface area contributed by atoms with Crippen molar-refractivity contribution in [3.63, 3.8) is 0 Å². The fourth-order valence-corrected chi connectivity index (χ4v) is 4.76. The Morgan fingerprint density at radius 2 is 2.10 bits per heavy atom. The van der Waals surface area contributed by atoms with Crippen molar-refractivity contribution < 1.29 is 14.3 Å². The number of pyridine rings is 1. The lowest BCUT2D eigenvalue weighted by atomic mass is 10.1. The molecule has 0 radical (unpaired) electrons. The summed E-state index contributed by atoms with van der Waals surface area (Å²) in [6.07, 6.45) is 2.69. The molecule has 0 bridgehead atoms. The molecule has 2 aliphatic rings. The number of anilines is 1. The molecular weight excluding hydrogens is 406 g/mol. The van der Waals surface area contributed by atoms with E-state index in [1.54, 1.807) is 12.0 Å². The van der Waals surface area contributed by atoms with Crippen LogP contribution < -0.4 is 4.90 Å². The molecular formula is C21H23N3O3S2. The van der Waals surface area contributed by atoms with E-state index in [-0.39, 0.29) is 5.91 Å². The van der Waals surface area contributed by atoms with Gasteiger partial charge in [-0.25, -0.2) is 4.98 Å². The van der Waals surface area contributed by atoms with Crippen molar-refractivity contribution in [3.05, 3.63) is 40.8 Å². The van der Waals surface area contributed by atoms with E-state index in [1.165, 1.54) is 11.8 Å². The number of hydrogen-bond donors (Lipinski definition) is 0. The fourth-order valence-electron chi connectivity index (χ4n) is 3.46. The number of carbonyl (C=O) groups excluding carboxylic acids is 1. The quantitative estimate of drug-likeness (QED) is 0.397. The number of fused-ring (bicyclic) bond motifs is 1. The highest BCUT2D eigenvalue weighted by Crippen LogP contribution is 2.35. The number of thiocarbonyl (C=S) groups is 1. The molecule has 2 fully saturated rings. The molecule has 0 aliphatic carbocycles. The van der Waals surface area contributed by atoms with E-state index in [2.05, 4.69) is 11.0 Å². The van der Waals surface area contributed by atoms with Crippen LogP contribution in [0.3, 0.4) is 0 Å². The second-order valence-electron chi connectivity index (χ2n) is 6.87. The maximum atomic E-state index is 12.9. The molecule has 4 rings (SSSR count). The van der Waals surface area contributed by atoms with Gasteiger partial charge in [-0.05, 0) is 24.6 Å². The van der Waals surface area contributed by atoms with Crippen molar-refractivity contribution in [1.29, 1.82) is 0 Å². The third kappa shape index (κ3) is 4.45. The molecule has 0 unspecified atom stereocenters. The van der Waals surface area contributed by atoms with Gasteiger partial charge in [0.2, 0.25) is 0 Å². The number of benzene rings is 1. The summed E-state index contributed by atoms with van der Waals surface area (Å²) in [7, 11) is 1.66. The van der Waals surface area contributed by atoms with E-state index in [0.29, 0.717) is 35.6 Å². The number of methoxy groups -OCH3 is 1. The molecule has 0 saturated carbocycles. The summed E-state index contributed by atoms with van der Waals surface area (Å²) in [5.41, 5.74) is 1.88. The molecule has 0 spiro atoms. The minimum Gasteiger partial charge on any atom is -0.385 e. The van der Waals surface area contributed by atoms with Gasteiger partial charge in [-0.15, -0.1) is 0 Å². The lowest BCUT2D eigenvalue weighted by Gasteiger charge is -2.29. The molecule has 1 amide bonds. The Balaban J connectivity index is 1.69. The highest BCUT2D eigenvalue weighted by molar-refractivity contribution is 8.26. The second-order valence-corrected chi connectivity index (χ2v) is 8.55. The third-order valence-electron chi connectivity index (χ3n) is 4.93. The Hall–Kier alpha value is -2.00. The van der Waals surface area contributed by atoms with Gasteiger partial charge in [-0.1, -0.05) is 42.2 Å². The Morgan fingerprint density at radius 3 is 2.90 bits per heavy atom. The smallest absolute Gasteiger partial charge is 0.266 e. The Kier molecular flexibility index (Phi) is 6.44. The van der Waals surface area contributed by atoms with Gasteiger partial charge in [-0.2, -0.15) is 0 Å². The average Bonchev–Trinajstić information content (AvgIpc) is 3.01. The van der Waals surface area contributed by atoms with Crippen LogP contribution in [0.15, 0.2) is 35.2 Å². The Morgan fingerprint density at radius 1 is 1.31 bits per heavy atom. The third-order valence-corrected chi connectivity index (χ3v) is 6.31. The summed E-state index contributed by atoms with van der Waals surface area (Å²) in [5, 5.41) is 1.05. The maximum absolute atomic E-state index is 12.9. The van der Waals surface area contributed by atoms with Crippen LogP contribution >= 0.6 is 24.0 Å². The van der Waals surface area contributed by atoms with E-state index in [4.69, 9.17) is 26.7 Å². The fraction of sp³-hybridized carbons (Fsp3) is 0.381. The summed E-state index contributed by atoms with van der Waals surface area (Å²) >= 11 is 6.79. The van der Waals surface area contributed by atoms with Crippen molar-refractivity contribution >= 4 is 57.0 Å². The van der Waals surface area contributed by atoms with Crippen molar-refractivity contribution in [1.82, 2.24) is 9.88 Å². The molecule has 152 valence electrons. The van der Waals surface area contributed by atoms with Crippen molar-refractivity contribution in [2.45, 2.75) is 6.42 Å². The summed E-state index contributed by atoms with van der Waals surface area (Å²) in [6.45, 7) is 4.09. The van der Waals surface area contributed by atoms with Crippen LogP contribution in [0.2, 0.25) is 0 Å². The van der Waals surface area contributed by atoms with Crippen LogP contribution in [0.4, 0.5) is 5.82 Å². The molecule has 2 aromatic rings.